The van der Waals surface area contributed by atoms with Crippen LogP contribution in [0.2, 0.25) is 5.02 Å². The zero-order chi connectivity index (χ0) is 20.1. The zero-order valence-corrected chi connectivity index (χ0v) is 16.1. The Balaban J connectivity index is 2.05. The molecule has 2 aromatic rings. The van der Waals surface area contributed by atoms with E-state index in [1.165, 1.54) is 7.11 Å². The van der Waals surface area contributed by atoms with Gasteiger partial charge in [-0.05, 0) is 48.6 Å². The molecule has 2 aliphatic rings. The van der Waals surface area contributed by atoms with E-state index >= 15 is 0 Å². The van der Waals surface area contributed by atoms with Crippen LogP contribution in [0.25, 0.3) is 0 Å². The van der Waals surface area contributed by atoms with E-state index in [1.54, 1.807) is 24.3 Å². The number of rotatable bonds is 4. The lowest BCUT2D eigenvalue weighted by molar-refractivity contribution is -0.126. The van der Waals surface area contributed by atoms with E-state index in [1.807, 2.05) is 18.2 Å². The standard InChI is InChI=1S/C21H21ClN2O4/c1-28-18-5-3-2-4-14(18)21(15-10-12(25)9-13(15)19(23)26)16-8-11(22)6-7-17(16)24-20(21)27/h2-8,12-13,15,25H,9-10H2,1H3,(H2,23,26)(H,24,27)/t12-,13-,15?,21?/m1/s1. The van der Waals surface area contributed by atoms with E-state index in [0.717, 1.165) is 0 Å². The molecule has 1 aliphatic carbocycles. The highest BCUT2D eigenvalue weighted by Crippen LogP contribution is 2.56. The summed E-state index contributed by atoms with van der Waals surface area (Å²) in [7, 11) is 1.54. The highest BCUT2D eigenvalue weighted by Gasteiger charge is 2.60. The largest absolute Gasteiger partial charge is 0.496 e. The summed E-state index contributed by atoms with van der Waals surface area (Å²) in [4.78, 5) is 25.8. The van der Waals surface area contributed by atoms with E-state index in [2.05, 4.69) is 5.32 Å². The summed E-state index contributed by atoms with van der Waals surface area (Å²) < 4.78 is 5.57. The van der Waals surface area contributed by atoms with Gasteiger partial charge >= 0.3 is 0 Å². The molecule has 4 rings (SSSR count). The molecule has 0 saturated heterocycles. The molecule has 7 heteroatoms. The number of anilines is 1. The second-order valence-electron chi connectivity index (χ2n) is 7.39. The Kier molecular flexibility index (Phi) is 4.56. The molecule has 28 heavy (non-hydrogen) atoms. The van der Waals surface area contributed by atoms with Crippen LogP contribution in [0.1, 0.15) is 24.0 Å². The van der Waals surface area contributed by atoms with Crippen LogP contribution >= 0.6 is 11.6 Å². The number of amides is 2. The Bertz CT molecular complexity index is 963. The quantitative estimate of drug-likeness (QED) is 0.733. The maximum atomic E-state index is 13.6. The average Bonchev–Trinajstić information content (AvgIpc) is 3.19. The number of fused-ring (bicyclic) bond motifs is 1. The summed E-state index contributed by atoms with van der Waals surface area (Å²) in [5.41, 5.74) is 6.36. The van der Waals surface area contributed by atoms with Crippen molar-refractivity contribution in [3.8, 4) is 5.75 Å². The van der Waals surface area contributed by atoms with Crippen LogP contribution in [0.5, 0.6) is 5.75 Å². The molecule has 1 aliphatic heterocycles. The van der Waals surface area contributed by atoms with E-state index in [4.69, 9.17) is 22.1 Å². The fraction of sp³-hybridized carbons (Fsp3) is 0.333. The number of hydrogen-bond acceptors (Lipinski definition) is 4. The summed E-state index contributed by atoms with van der Waals surface area (Å²) in [5, 5.41) is 13.8. The number of nitrogens with one attached hydrogen (secondary N) is 1. The number of primary amides is 1. The highest BCUT2D eigenvalue weighted by atomic mass is 35.5. The van der Waals surface area contributed by atoms with Gasteiger partial charge in [0.05, 0.1) is 13.2 Å². The summed E-state index contributed by atoms with van der Waals surface area (Å²) in [5.74, 6) is -1.47. The van der Waals surface area contributed by atoms with Gasteiger partial charge in [0.2, 0.25) is 11.8 Å². The molecule has 1 heterocycles. The number of methoxy groups -OCH3 is 1. The predicted molar refractivity (Wildman–Crippen MR) is 105 cm³/mol. The topological polar surface area (TPSA) is 102 Å². The van der Waals surface area contributed by atoms with Gasteiger partial charge in [-0.1, -0.05) is 29.8 Å². The highest BCUT2D eigenvalue weighted by molar-refractivity contribution is 6.31. The number of carbonyl (C=O) groups excluding carboxylic acids is 2. The van der Waals surface area contributed by atoms with Gasteiger partial charge in [-0.2, -0.15) is 0 Å². The van der Waals surface area contributed by atoms with Crippen LogP contribution in [-0.4, -0.2) is 30.1 Å². The van der Waals surface area contributed by atoms with Crippen molar-refractivity contribution in [2.75, 3.05) is 12.4 Å². The third-order valence-corrected chi connectivity index (χ3v) is 6.24. The number of halogens is 1. The minimum atomic E-state index is -1.25. The third kappa shape index (κ3) is 2.59. The first-order chi connectivity index (χ1) is 13.4. The third-order valence-electron chi connectivity index (χ3n) is 6.00. The smallest absolute Gasteiger partial charge is 0.240 e. The molecule has 1 saturated carbocycles. The Labute approximate surface area is 167 Å². The Morgan fingerprint density at radius 2 is 2.00 bits per heavy atom. The van der Waals surface area contributed by atoms with Crippen molar-refractivity contribution in [2.24, 2.45) is 17.6 Å². The van der Waals surface area contributed by atoms with Crippen LogP contribution in [0.3, 0.4) is 0 Å². The molecule has 0 spiro atoms. The van der Waals surface area contributed by atoms with Crippen LogP contribution in [0, 0.1) is 11.8 Å². The summed E-state index contributed by atoms with van der Waals surface area (Å²) in [6, 6.07) is 12.4. The minimum Gasteiger partial charge on any atom is -0.496 e. The molecular weight excluding hydrogens is 380 g/mol. The van der Waals surface area contributed by atoms with Gasteiger partial charge in [0.1, 0.15) is 11.2 Å². The van der Waals surface area contributed by atoms with Gasteiger partial charge < -0.3 is 20.9 Å². The lowest BCUT2D eigenvalue weighted by Crippen LogP contribution is -2.47. The molecule has 6 nitrogen and oxygen atoms in total. The monoisotopic (exact) mass is 400 g/mol. The number of benzene rings is 2. The molecule has 0 radical (unpaired) electrons. The summed E-state index contributed by atoms with van der Waals surface area (Å²) in [6.07, 6.45) is -0.226. The van der Waals surface area contributed by atoms with Gasteiger partial charge in [-0.25, -0.2) is 0 Å². The van der Waals surface area contributed by atoms with Crippen molar-refractivity contribution in [1.82, 2.24) is 0 Å². The lowest BCUT2D eigenvalue weighted by atomic mass is 9.62. The van der Waals surface area contributed by atoms with Gasteiger partial charge in [0, 0.05) is 22.2 Å². The molecule has 2 aromatic carbocycles. The maximum absolute atomic E-state index is 13.6. The fourth-order valence-corrected chi connectivity index (χ4v) is 5.08. The number of hydrogen-bond donors (Lipinski definition) is 3. The van der Waals surface area contributed by atoms with E-state index in [0.29, 0.717) is 27.6 Å². The molecule has 4 atom stereocenters. The summed E-state index contributed by atoms with van der Waals surface area (Å²) in [6.45, 7) is 0. The van der Waals surface area contributed by atoms with E-state index in [9.17, 15) is 14.7 Å². The van der Waals surface area contributed by atoms with Crippen LogP contribution in [-0.2, 0) is 15.0 Å². The van der Waals surface area contributed by atoms with Crippen molar-refractivity contribution in [2.45, 2.75) is 24.4 Å². The van der Waals surface area contributed by atoms with Crippen LogP contribution in [0.4, 0.5) is 5.69 Å². The maximum Gasteiger partial charge on any atom is 0.240 e. The van der Waals surface area contributed by atoms with Gasteiger partial charge in [0.15, 0.2) is 0 Å². The summed E-state index contributed by atoms with van der Waals surface area (Å²) >= 11 is 6.28. The minimum absolute atomic E-state index is 0.222. The van der Waals surface area contributed by atoms with E-state index < -0.39 is 29.3 Å². The molecule has 1 fully saturated rings. The van der Waals surface area contributed by atoms with E-state index in [-0.39, 0.29) is 18.7 Å². The van der Waals surface area contributed by atoms with Crippen molar-refractivity contribution in [3.63, 3.8) is 0 Å². The van der Waals surface area contributed by atoms with Crippen LogP contribution in [0.15, 0.2) is 42.5 Å². The van der Waals surface area contributed by atoms with Gasteiger partial charge in [-0.15, -0.1) is 0 Å². The van der Waals surface area contributed by atoms with Crippen molar-refractivity contribution >= 4 is 29.1 Å². The van der Waals surface area contributed by atoms with Crippen LogP contribution < -0.4 is 15.8 Å². The lowest BCUT2D eigenvalue weighted by Gasteiger charge is -2.37. The van der Waals surface area contributed by atoms with Crippen molar-refractivity contribution in [3.05, 3.63) is 58.6 Å². The Hall–Kier alpha value is -2.57. The molecule has 0 bridgehead atoms. The molecule has 4 N–H and O–H groups in total. The fourth-order valence-electron chi connectivity index (χ4n) is 4.90. The number of para-hydroxylation sites is 1. The van der Waals surface area contributed by atoms with Gasteiger partial charge in [-0.3, -0.25) is 9.59 Å². The normalized spacial score (nSPS) is 28.7. The van der Waals surface area contributed by atoms with Gasteiger partial charge in [0.25, 0.3) is 0 Å². The predicted octanol–water partition coefficient (Wildman–Crippen LogP) is 2.46. The first-order valence-corrected chi connectivity index (χ1v) is 9.49. The number of ether oxygens (including phenoxy) is 1. The first kappa shape index (κ1) is 18.8. The second-order valence-corrected chi connectivity index (χ2v) is 7.83. The number of aliphatic hydroxyl groups is 1. The number of carbonyl (C=O) groups is 2. The Morgan fingerprint density at radius 3 is 2.71 bits per heavy atom. The first-order valence-electron chi connectivity index (χ1n) is 9.12. The number of nitrogens with two attached hydrogens (primary N) is 1. The van der Waals surface area contributed by atoms with Crippen molar-refractivity contribution < 1.29 is 19.4 Å². The Morgan fingerprint density at radius 1 is 1.25 bits per heavy atom. The molecule has 0 aromatic heterocycles. The average molecular weight is 401 g/mol. The molecular formula is C21H21ClN2O4. The molecule has 146 valence electrons. The number of aliphatic hydroxyl groups excluding tert-OH is 1. The molecule has 2 unspecified atom stereocenters. The zero-order valence-electron chi connectivity index (χ0n) is 15.3. The SMILES string of the molecule is COc1ccccc1C1(C2C[C@H](O)C[C@H]2C(N)=O)C(=O)Nc2ccc(Cl)cc21. The second kappa shape index (κ2) is 6.79. The molecule has 2 amide bonds. The van der Waals surface area contributed by atoms with Crippen molar-refractivity contribution in [1.29, 1.82) is 0 Å².